The minimum absolute atomic E-state index is 0.373. The highest BCUT2D eigenvalue weighted by Crippen LogP contribution is 2.29. The largest absolute Gasteiger partial charge is 0.349 e. The van der Waals surface area contributed by atoms with Crippen molar-refractivity contribution >= 4 is 29.2 Å². The van der Waals surface area contributed by atoms with Crippen LogP contribution in [0.5, 0.6) is 0 Å². The Morgan fingerprint density at radius 2 is 1.89 bits per heavy atom. The van der Waals surface area contributed by atoms with Gasteiger partial charge in [-0.25, -0.2) is 9.97 Å². The van der Waals surface area contributed by atoms with Crippen LogP contribution in [-0.2, 0) is 6.54 Å². The molecule has 0 amide bonds. The Hall–Kier alpha value is -3.10. The number of hydrogen-bond donors (Lipinski definition) is 1. The molecule has 0 aliphatic heterocycles. The van der Waals surface area contributed by atoms with Gasteiger partial charge in [0.2, 0.25) is 5.95 Å². The van der Waals surface area contributed by atoms with Crippen LogP contribution in [0, 0.1) is 0 Å². The van der Waals surface area contributed by atoms with E-state index < -0.39 is 0 Å². The van der Waals surface area contributed by atoms with E-state index in [1.165, 1.54) is 11.0 Å². The zero-order chi connectivity index (χ0) is 18.6. The lowest BCUT2D eigenvalue weighted by Gasteiger charge is -2.11. The van der Waals surface area contributed by atoms with Crippen molar-refractivity contribution in [3.63, 3.8) is 0 Å². The molecule has 1 N–H and O–H groups in total. The summed E-state index contributed by atoms with van der Waals surface area (Å²) in [6.07, 6.45) is 6.64. The number of rotatable bonds is 5. The average molecular weight is 399 g/mol. The third-order valence-corrected chi connectivity index (χ3v) is 4.60. The molecule has 3 heterocycles. The van der Waals surface area contributed by atoms with Gasteiger partial charge >= 0.3 is 0 Å². The number of tetrazole rings is 1. The number of nitrogens with one attached hydrogen (secondary N) is 1. The molecule has 0 atom stereocenters. The minimum atomic E-state index is 0.373. The maximum Gasteiger partial charge on any atom is 0.248 e. The number of pyridine rings is 1. The maximum absolute atomic E-state index is 6.28. The lowest BCUT2D eigenvalue weighted by Crippen LogP contribution is -2.09. The molecule has 0 unspecified atom stereocenters. The minimum Gasteiger partial charge on any atom is -0.349 e. The zero-order valence-electron chi connectivity index (χ0n) is 13.8. The molecule has 0 radical (unpaired) electrons. The summed E-state index contributed by atoms with van der Waals surface area (Å²) in [5.41, 5.74) is 3.14. The maximum atomic E-state index is 6.28. The van der Waals surface area contributed by atoms with Gasteiger partial charge in [-0.15, -0.1) is 0 Å². The summed E-state index contributed by atoms with van der Waals surface area (Å²) < 4.78 is 1.50. The second-order valence-corrected chi connectivity index (χ2v) is 6.26. The summed E-state index contributed by atoms with van der Waals surface area (Å²) in [6.45, 7) is 0.441. The molecule has 3 aromatic heterocycles. The summed E-state index contributed by atoms with van der Waals surface area (Å²) >= 11 is 12.4. The molecule has 4 rings (SSSR count). The van der Waals surface area contributed by atoms with Gasteiger partial charge in [0.25, 0.3) is 0 Å². The molecule has 4 aromatic rings. The van der Waals surface area contributed by atoms with Crippen molar-refractivity contribution in [3.05, 3.63) is 70.9 Å². The van der Waals surface area contributed by atoms with E-state index in [0.717, 1.165) is 16.8 Å². The van der Waals surface area contributed by atoms with Crippen molar-refractivity contribution in [1.29, 1.82) is 0 Å². The average Bonchev–Trinajstić information content (AvgIpc) is 3.18. The summed E-state index contributed by atoms with van der Waals surface area (Å²) in [7, 11) is 0. The van der Waals surface area contributed by atoms with Gasteiger partial charge in [0.15, 0.2) is 0 Å². The lowest BCUT2D eigenvalue weighted by molar-refractivity contribution is 0.789. The first-order valence-electron chi connectivity index (χ1n) is 7.90. The van der Waals surface area contributed by atoms with E-state index in [4.69, 9.17) is 23.2 Å². The Labute approximate surface area is 164 Å². The van der Waals surface area contributed by atoms with Gasteiger partial charge < -0.3 is 5.32 Å². The normalized spacial score (nSPS) is 10.7. The summed E-state index contributed by atoms with van der Waals surface area (Å²) in [4.78, 5) is 12.5. The fourth-order valence-corrected chi connectivity index (χ4v) is 2.93. The number of aromatic nitrogens is 7. The third-order valence-electron chi connectivity index (χ3n) is 3.79. The Kier molecular flexibility index (Phi) is 4.91. The van der Waals surface area contributed by atoms with Gasteiger partial charge in [0.05, 0.1) is 21.4 Å². The van der Waals surface area contributed by atoms with Crippen molar-refractivity contribution in [2.75, 3.05) is 5.32 Å². The van der Waals surface area contributed by atoms with E-state index in [9.17, 15) is 0 Å². The standard InChI is InChI=1S/C17H12Cl2N8/c18-13-4-1-5-14(15(13)19)27-17(24-25-26-27)23-9-11-3-2-6-22-16(11)12-7-20-10-21-8-12/h1-8,10H,9H2,(H,23,24,26). The van der Waals surface area contributed by atoms with Crippen LogP contribution in [0.1, 0.15) is 5.56 Å². The molecule has 8 nitrogen and oxygen atoms in total. The van der Waals surface area contributed by atoms with Crippen molar-refractivity contribution in [2.24, 2.45) is 0 Å². The quantitative estimate of drug-likeness (QED) is 0.549. The molecule has 0 bridgehead atoms. The Morgan fingerprint density at radius 3 is 2.74 bits per heavy atom. The highest BCUT2D eigenvalue weighted by atomic mass is 35.5. The number of benzene rings is 1. The molecule has 0 fully saturated rings. The van der Waals surface area contributed by atoms with Crippen LogP contribution in [0.15, 0.2) is 55.2 Å². The van der Waals surface area contributed by atoms with E-state index in [1.807, 2.05) is 12.1 Å². The molecule has 0 saturated carbocycles. The Balaban J connectivity index is 1.62. The van der Waals surface area contributed by atoms with Gasteiger partial charge in [-0.1, -0.05) is 40.4 Å². The monoisotopic (exact) mass is 398 g/mol. The third kappa shape index (κ3) is 3.57. The fraction of sp³-hybridized carbons (Fsp3) is 0.0588. The predicted octanol–water partition coefficient (Wildman–Crippen LogP) is 3.43. The van der Waals surface area contributed by atoms with Crippen LogP contribution in [-0.4, -0.2) is 35.2 Å². The first kappa shape index (κ1) is 17.3. The molecule has 1 aromatic carbocycles. The Bertz CT molecular complexity index is 1070. The summed E-state index contributed by atoms with van der Waals surface area (Å²) in [6, 6.07) is 9.09. The van der Waals surface area contributed by atoms with Gasteiger partial charge in [-0.3, -0.25) is 4.98 Å². The van der Waals surface area contributed by atoms with E-state index in [2.05, 4.69) is 35.8 Å². The van der Waals surface area contributed by atoms with Gasteiger partial charge in [-0.05, 0) is 34.2 Å². The molecule has 27 heavy (non-hydrogen) atoms. The first-order chi connectivity index (χ1) is 13.2. The van der Waals surface area contributed by atoms with E-state index in [1.54, 1.807) is 36.8 Å². The molecule has 0 aliphatic rings. The van der Waals surface area contributed by atoms with Gasteiger partial charge in [0, 0.05) is 30.7 Å². The molecule has 10 heteroatoms. The molecule has 134 valence electrons. The van der Waals surface area contributed by atoms with E-state index in [-0.39, 0.29) is 0 Å². The van der Waals surface area contributed by atoms with Crippen molar-refractivity contribution in [3.8, 4) is 16.9 Å². The number of halogens is 2. The van der Waals surface area contributed by atoms with Crippen molar-refractivity contribution in [1.82, 2.24) is 35.2 Å². The van der Waals surface area contributed by atoms with Crippen molar-refractivity contribution < 1.29 is 0 Å². The topological polar surface area (TPSA) is 94.3 Å². The van der Waals surface area contributed by atoms with Crippen LogP contribution in [0.3, 0.4) is 0 Å². The van der Waals surface area contributed by atoms with Crippen LogP contribution in [0.4, 0.5) is 5.95 Å². The second-order valence-electron chi connectivity index (χ2n) is 5.48. The molecular weight excluding hydrogens is 387 g/mol. The van der Waals surface area contributed by atoms with Gasteiger partial charge in [0.1, 0.15) is 6.33 Å². The SMILES string of the molecule is Clc1cccc(-n2nnnc2NCc2cccnc2-c2cncnc2)c1Cl. The van der Waals surface area contributed by atoms with Crippen LogP contribution in [0.25, 0.3) is 16.9 Å². The Morgan fingerprint density at radius 1 is 1.04 bits per heavy atom. The number of nitrogens with zero attached hydrogens (tertiary/aromatic N) is 7. The zero-order valence-corrected chi connectivity index (χ0v) is 15.3. The number of anilines is 1. The summed E-state index contributed by atoms with van der Waals surface area (Å²) in [5.74, 6) is 0.429. The van der Waals surface area contributed by atoms with E-state index >= 15 is 0 Å². The molecule has 0 aliphatic carbocycles. The van der Waals surface area contributed by atoms with Crippen LogP contribution in [0.2, 0.25) is 10.0 Å². The van der Waals surface area contributed by atoms with Crippen molar-refractivity contribution in [2.45, 2.75) is 6.54 Å². The highest BCUT2D eigenvalue weighted by molar-refractivity contribution is 6.43. The van der Waals surface area contributed by atoms with E-state index in [0.29, 0.717) is 28.2 Å². The molecular formula is C17H12Cl2N8. The van der Waals surface area contributed by atoms with Crippen LogP contribution < -0.4 is 5.32 Å². The molecule has 0 saturated heterocycles. The van der Waals surface area contributed by atoms with Gasteiger partial charge in [-0.2, -0.15) is 4.68 Å². The van der Waals surface area contributed by atoms with Crippen LogP contribution >= 0.6 is 23.2 Å². The second kappa shape index (κ2) is 7.65. The summed E-state index contributed by atoms with van der Waals surface area (Å²) in [5, 5.41) is 15.8. The highest BCUT2D eigenvalue weighted by Gasteiger charge is 2.14. The fourth-order valence-electron chi connectivity index (χ4n) is 2.55. The first-order valence-corrected chi connectivity index (χ1v) is 8.65. The smallest absolute Gasteiger partial charge is 0.248 e. The molecule has 0 spiro atoms. The lowest BCUT2D eigenvalue weighted by atomic mass is 10.1. The number of hydrogen-bond acceptors (Lipinski definition) is 7. The predicted molar refractivity (Wildman–Crippen MR) is 102 cm³/mol.